The molecule has 1 aliphatic rings. The lowest BCUT2D eigenvalue weighted by Crippen LogP contribution is -2.48. The average molecular weight is 273 g/mol. The van der Waals surface area contributed by atoms with Crippen molar-refractivity contribution in [2.45, 2.75) is 0 Å². The molecule has 7 nitrogen and oxygen atoms in total. The van der Waals surface area contributed by atoms with Gasteiger partial charge in [0, 0.05) is 32.2 Å². The van der Waals surface area contributed by atoms with Gasteiger partial charge in [0.25, 0.3) is 0 Å². The van der Waals surface area contributed by atoms with Crippen LogP contribution in [0.1, 0.15) is 0 Å². The molecule has 0 atom stereocenters. The van der Waals surface area contributed by atoms with E-state index in [0.29, 0.717) is 37.1 Å². The van der Waals surface area contributed by atoms with Crippen LogP contribution in [0.2, 0.25) is 5.15 Å². The summed E-state index contributed by atoms with van der Waals surface area (Å²) in [5.74, 6) is 0.650. The molecule has 0 saturated carbocycles. The van der Waals surface area contributed by atoms with Crippen molar-refractivity contribution >= 4 is 23.5 Å². The summed E-state index contributed by atoms with van der Waals surface area (Å²) in [7, 11) is 1.47. The third kappa shape index (κ3) is 2.73. The number of hydrogen-bond acceptors (Lipinski definition) is 5. The Morgan fingerprint density at radius 2 is 2.06 bits per heavy atom. The second kappa shape index (κ2) is 5.26. The number of carboxylic acid groups (broad SMARTS) is 1. The number of aromatic nitrogens is 2. The first kappa shape index (κ1) is 12.7. The number of ether oxygens (including phenoxy) is 1. The molecule has 1 aliphatic heterocycles. The molecule has 0 unspecified atom stereocenters. The number of nitrogens with zero attached hydrogens (tertiary/aromatic N) is 4. The SMILES string of the molecule is COc1nc(Cl)cc(N2CCN(C(=O)O)CC2)n1. The molecule has 8 heteroatoms. The molecule has 1 aromatic rings. The highest BCUT2D eigenvalue weighted by molar-refractivity contribution is 6.29. The molecule has 2 heterocycles. The highest BCUT2D eigenvalue weighted by Crippen LogP contribution is 2.20. The summed E-state index contributed by atoms with van der Waals surface area (Å²) in [6, 6.07) is 1.85. The number of carbonyl (C=O) groups is 1. The van der Waals surface area contributed by atoms with E-state index in [0.717, 1.165) is 0 Å². The minimum atomic E-state index is -0.895. The van der Waals surface area contributed by atoms with Crippen molar-refractivity contribution in [1.29, 1.82) is 0 Å². The van der Waals surface area contributed by atoms with E-state index in [1.807, 2.05) is 4.90 Å². The molecular weight excluding hydrogens is 260 g/mol. The Morgan fingerprint density at radius 3 is 2.61 bits per heavy atom. The smallest absolute Gasteiger partial charge is 0.407 e. The first-order valence-corrected chi connectivity index (χ1v) is 5.79. The van der Waals surface area contributed by atoms with Gasteiger partial charge in [-0.15, -0.1) is 0 Å². The van der Waals surface area contributed by atoms with Crippen molar-refractivity contribution in [2.24, 2.45) is 0 Å². The number of halogens is 1. The Bertz CT molecular complexity index is 449. The van der Waals surface area contributed by atoms with Crippen LogP contribution in [0.25, 0.3) is 0 Å². The van der Waals surface area contributed by atoms with Gasteiger partial charge in [0.1, 0.15) is 11.0 Å². The van der Waals surface area contributed by atoms with E-state index in [-0.39, 0.29) is 6.01 Å². The van der Waals surface area contributed by atoms with E-state index in [1.54, 1.807) is 6.07 Å². The van der Waals surface area contributed by atoms with Crippen LogP contribution >= 0.6 is 11.6 Å². The third-order valence-corrected chi connectivity index (χ3v) is 2.91. The number of hydrogen-bond donors (Lipinski definition) is 1. The van der Waals surface area contributed by atoms with Gasteiger partial charge in [-0.1, -0.05) is 11.6 Å². The summed E-state index contributed by atoms with van der Waals surface area (Å²) in [5, 5.41) is 9.17. The Hall–Kier alpha value is -1.76. The van der Waals surface area contributed by atoms with Gasteiger partial charge >= 0.3 is 12.1 Å². The topological polar surface area (TPSA) is 78.8 Å². The van der Waals surface area contributed by atoms with E-state index < -0.39 is 6.09 Å². The Balaban J connectivity index is 2.09. The molecule has 1 saturated heterocycles. The zero-order valence-electron chi connectivity index (χ0n) is 9.84. The van der Waals surface area contributed by atoms with Gasteiger partial charge in [0.15, 0.2) is 0 Å². The van der Waals surface area contributed by atoms with Crippen molar-refractivity contribution in [2.75, 3.05) is 38.2 Å². The van der Waals surface area contributed by atoms with Crippen molar-refractivity contribution in [3.8, 4) is 6.01 Å². The van der Waals surface area contributed by atoms with Crippen LogP contribution in [0.4, 0.5) is 10.6 Å². The lowest BCUT2D eigenvalue weighted by atomic mass is 10.3. The molecule has 1 N–H and O–H groups in total. The summed E-state index contributed by atoms with van der Waals surface area (Å²) in [6.07, 6.45) is -0.895. The van der Waals surface area contributed by atoms with Gasteiger partial charge in [-0.2, -0.15) is 9.97 Å². The largest absolute Gasteiger partial charge is 0.467 e. The van der Waals surface area contributed by atoms with Crippen LogP contribution in [0, 0.1) is 0 Å². The quantitative estimate of drug-likeness (QED) is 0.807. The predicted molar refractivity (Wildman–Crippen MR) is 65.4 cm³/mol. The second-order valence-electron chi connectivity index (χ2n) is 3.79. The highest BCUT2D eigenvalue weighted by Gasteiger charge is 2.22. The summed E-state index contributed by atoms with van der Waals surface area (Å²) in [6.45, 7) is 2.03. The summed E-state index contributed by atoms with van der Waals surface area (Å²) < 4.78 is 4.95. The molecule has 98 valence electrons. The highest BCUT2D eigenvalue weighted by atomic mass is 35.5. The fourth-order valence-electron chi connectivity index (χ4n) is 1.77. The predicted octanol–water partition coefficient (Wildman–Crippen LogP) is 0.939. The summed E-state index contributed by atoms with van der Waals surface area (Å²) in [5.41, 5.74) is 0. The molecule has 0 aliphatic carbocycles. The Morgan fingerprint density at radius 1 is 1.39 bits per heavy atom. The molecular formula is C10H13ClN4O3. The fraction of sp³-hybridized carbons (Fsp3) is 0.500. The van der Waals surface area contributed by atoms with Crippen LogP contribution in [0.5, 0.6) is 6.01 Å². The maximum Gasteiger partial charge on any atom is 0.407 e. The fourth-order valence-corrected chi connectivity index (χ4v) is 1.94. The maximum atomic E-state index is 10.8. The molecule has 1 fully saturated rings. The normalized spacial score (nSPS) is 15.7. The number of rotatable bonds is 2. The molecule has 0 radical (unpaired) electrons. The number of anilines is 1. The van der Waals surface area contributed by atoms with Crippen LogP contribution < -0.4 is 9.64 Å². The second-order valence-corrected chi connectivity index (χ2v) is 4.18. The number of methoxy groups -OCH3 is 1. The number of amides is 1. The average Bonchev–Trinajstić information content (AvgIpc) is 2.38. The molecule has 2 rings (SSSR count). The monoisotopic (exact) mass is 272 g/mol. The van der Waals surface area contributed by atoms with Gasteiger partial charge in [-0.3, -0.25) is 0 Å². The van der Waals surface area contributed by atoms with Crippen molar-refractivity contribution in [3.63, 3.8) is 0 Å². The first-order valence-electron chi connectivity index (χ1n) is 5.41. The van der Waals surface area contributed by atoms with Gasteiger partial charge < -0.3 is 19.6 Å². The van der Waals surface area contributed by atoms with E-state index >= 15 is 0 Å². The van der Waals surface area contributed by atoms with Crippen molar-refractivity contribution in [1.82, 2.24) is 14.9 Å². The number of piperazine rings is 1. The lowest BCUT2D eigenvalue weighted by Gasteiger charge is -2.33. The molecule has 18 heavy (non-hydrogen) atoms. The zero-order valence-corrected chi connectivity index (χ0v) is 10.6. The van der Waals surface area contributed by atoms with Gasteiger partial charge in [0.2, 0.25) is 0 Å². The van der Waals surface area contributed by atoms with Gasteiger partial charge in [0.05, 0.1) is 7.11 Å². The van der Waals surface area contributed by atoms with Crippen LogP contribution in [0.3, 0.4) is 0 Å². The standard InChI is InChI=1S/C10H13ClN4O3/c1-18-9-12-7(11)6-8(13-9)14-2-4-15(5-3-14)10(16)17/h6H,2-5H2,1H3,(H,16,17). The van der Waals surface area contributed by atoms with Crippen LogP contribution in [-0.4, -0.2) is 59.4 Å². The van der Waals surface area contributed by atoms with Gasteiger partial charge in [-0.25, -0.2) is 4.79 Å². The first-order chi connectivity index (χ1) is 8.60. The minimum absolute atomic E-state index is 0.207. The maximum absolute atomic E-state index is 10.8. The van der Waals surface area contributed by atoms with E-state index in [4.69, 9.17) is 21.4 Å². The summed E-state index contributed by atoms with van der Waals surface area (Å²) >= 11 is 5.86. The van der Waals surface area contributed by atoms with Crippen LogP contribution in [-0.2, 0) is 0 Å². The summed E-state index contributed by atoms with van der Waals surface area (Å²) in [4.78, 5) is 22.2. The van der Waals surface area contributed by atoms with E-state index in [1.165, 1.54) is 12.0 Å². The molecule has 0 spiro atoms. The molecule has 0 bridgehead atoms. The minimum Gasteiger partial charge on any atom is -0.467 e. The zero-order chi connectivity index (χ0) is 13.1. The lowest BCUT2D eigenvalue weighted by molar-refractivity contribution is 0.142. The van der Waals surface area contributed by atoms with Crippen molar-refractivity contribution < 1.29 is 14.6 Å². The van der Waals surface area contributed by atoms with Gasteiger partial charge in [-0.05, 0) is 0 Å². The van der Waals surface area contributed by atoms with Crippen LogP contribution in [0.15, 0.2) is 6.07 Å². The van der Waals surface area contributed by atoms with E-state index in [2.05, 4.69) is 9.97 Å². The Kier molecular flexibility index (Phi) is 3.71. The molecule has 1 amide bonds. The Labute approximate surface area is 109 Å². The molecule has 0 aromatic carbocycles. The van der Waals surface area contributed by atoms with E-state index in [9.17, 15) is 4.79 Å². The van der Waals surface area contributed by atoms with Crippen molar-refractivity contribution in [3.05, 3.63) is 11.2 Å². The third-order valence-electron chi connectivity index (χ3n) is 2.72. The molecule has 1 aromatic heterocycles.